The van der Waals surface area contributed by atoms with Crippen molar-refractivity contribution in [3.63, 3.8) is 0 Å². The number of rotatable bonds is 5. The van der Waals surface area contributed by atoms with Gasteiger partial charge in [-0.2, -0.15) is 0 Å². The zero-order chi connectivity index (χ0) is 22.2. The Kier molecular flexibility index (Phi) is 6.57. The second kappa shape index (κ2) is 9.76. The van der Waals surface area contributed by atoms with E-state index >= 15 is 0 Å². The Morgan fingerprint density at radius 3 is 2.67 bits per heavy atom. The van der Waals surface area contributed by atoms with E-state index in [1.54, 1.807) is 10.4 Å². The Bertz CT molecular complexity index is 963. The van der Waals surface area contributed by atoms with Crippen LogP contribution in [0.3, 0.4) is 0 Å². The summed E-state index contributed by atoms with van der Waals surface area (Å²) in [5.41, 5.74) is 1.56. The molecular formula is C26H39N5OS. The first-order valence-electron chi connectivity index (χ1n) is 13.4. The molecule has 2 aromatic rings. The average Bonchev–Trinajstić information content (AvgIpc) is 3.51. The Labute approximate surface area is 202 Å². The lowest BCUT2D eigenvalue weighted by molar-refractivity contribution is 0.0754. The van der Waals surface area contributed by atoms with Crippen LogP contribution in [0, 0.1) is 5.92 Å². The lowest BCUT2D eigenvalue weighted by Crippen LogP contribution is -2.36. The zero-order valence-electron chi connectivity index (χ0n) is 20.2. The molecule has 0 amide bonds. The van der Waals surface area contributed by atoms with Gasteiger partial charge in [-0.05, 0) is 82.5 Å². The number of nitrogens with zero attached hydrogens (tertiary/aromatic N) is 5. The molecule has 2 aromatic heterocycles. The Morgan fingerprint density at radius 2 is 1.82 bits per heavy atom. The first kappa shape index (κ1) is 22.2. The van der Waals surface area contributed by atoms with Gasteiger partial charge in [0.15, 0.2) is 0 Å². The molecule has 33 heavy (non-hydrogen) atoms. The normalized spacial score (nSPS) is 25.7. The first-order valence-corrected chi connectivity index (χ1v) is 14.2. The number of fused-ring (bicyclic) bond motifs is 3. The van der Waals surface area contributed by atoms with Crippen LogP contribution in [0.5, 0.6) is 0 Å². The van der Waals surface area contributed by atoms with Gasteiger partial charge < -0.3 is 9.64 Å². The quantitative estimate of drug-likeness (QED) is 0.657. The van der Waals surface area contributed by atoms with Crippen LogP contribution in [0.1, 0.15) is 61.7 Å². The second-order valence-electron chi connectivity index (χ2n) is 10.7. The number of ether oxygens (including phenoxy) is 1. The topological polar surface area (TPSA) is 44.7 Å². The van der Waals surface area contributed by atoms with Crippen molar-refractivity contribution in [1.29, 1.82) is 0 Å². The highest BCUT2D eigenvalue weighted by molar-refractivity contribution is 7.19. The van der Waals surface area contributed by atoms with Gasteiger partial charge in [0.25, 0.3) is 0 Å². The standard InChI is InChI=1S/C26H39N5OS/c1-19-8-12-30(13-9-19)18-23-27-25(24-21-6-2-7-22(21)33-26(24)28-23)31-11-4-10-29(14-15-31)17-20-5-3-16-32-20/h19-20H,2-18H2,1H3. The van der Waals surface area contributed by atoms with Crippen LogP contribution in [0.4, 0.5) is 5.82 Å². The maximum Gasteiger partial charge on any atom is 0.146 e. The number of aryl methyl sites for hydroxylation is 2. The maximum atomic E-state index is 5.92. The third-order valence-electron chi connectivity index (χ3n) is 8.21. The fourth-order valence-electron chi connectivity index (χ4n) is 6.18. The van der Waals surface area contributed by atoms with Crippen molar-refractivity contribution in [2.45, 2.75) is 70.9 Å². The molecule has 3 aliphatic heterocycles. The molecule has 0 radical (unpaired) electrons. The average molecular weight is 470 g/mol. The molecule has 3 saturated heterocycles. The minimum Gasteiger partial charge on any atom is -0.377 e. The Morgan fingerprint density at radius 1 is 0.909 bits per heavy atom. The highest BCUT2D eigenvalue weighted by Crippen LogP contribution is 2.41. The molecule has 0 spiro atoms. The smallest absolute Gasteiger partial charge is 0.146 e. The lowest BCUT2D eigenvalue weighted by atomic mass is 9.99. The lowest BCUT2D eigenvalue weighted by Gasteiger charge is -2.30. The number of piperidine rings is 1. The molecule has 6 nitrogen and oxygen atoms in total. The predicted octanol–water partition coefficient (Wildman–Crippen LogP) is 4.10. The molecule has 1 unspecified atom stereocenters. The summed E-state index contributed by atoms with van der Waals surface area (Å²) < 4.78 is 5.92. The number of anilines is 1. The fourth-order valence-corrected chi connectivity index (χ4v) is 7.46. The second-order valence-corrected chi connectivity index (χ2v) is 11.8. The van der Waals surface area contributed by atoms with E-state index in [9.17, 15) is 0 Å². The Balaban J connectivity index is 1.25. The SMILES string of the molecule is CC1CCN(Cc2nc(N3CCCN(CC4CCCO4)CC3)c3c4c(sc3n2)CCC4)CC1. The van der Waals surface area contributed by atoms with Crippen molar-refractivity contribution in [2.75, 3.05) is 57.3 Å². The molecular weight excluding hydrogens is 430 g/mol. The van der Waals surface area contributed by atoms with Gasteiger partial charge >= 0.3 is 0 Å². The number of aromatic nitrogens is 2. The summed E-state index contributed by atoms with van der Waals surface area (Å²) in [5, 5.41) is 1.39. The van der Waals surface area contributed by atoms with Crippen molar-refractivity contribution >= 4 is 27.4 Å². The van der Waals surface area contributed by atoms with Crippen molar-refractivity contribution in [3.8, 4) is 0 Å². The molecule has 1 atom stereocenters. The first-order chi connectivity index (χ1) is 16.2. The zero-order valence-corrected chi connectivity index (χ0v) is 21.0. The number of thiophene rings is 1. The fraction of sp³-hybridized carbons (Fsp3) is 0.769. The van der Waals surface area contributed by atoms with E-state index in [-0.39, 0.29) is 0 Å². The van der Waals surface area contributed by atoms with Crippen LogP contribution in [0.2, 0.25) is 0 Å². The van der Waals surface area contributed by atoms with Crippen molar-refractivity contribution in [2.24, 2.45) is 5.92 Å². The molecule has 6 rings (SSSR count). The van der Waals surface area contributed by atoms with E-state index in [4.69, 9.17) is 14.7 Å². The highest BCUT2D eigenvalue weighted by atomic mass is 32.1. The summed E-state index contributed by atoms with van der Waals surface area (Å²) in [6.07, 6.45) is 10.4. The van der Waals surface area contributed by atoms with Crippen LogP contribution in [-0.4, -0.2) is 78.3 Å². The molecule has 0 saturated carbocycles. The van der Waals surface area contributed by atoms with Crippen molar-refractivity contribution in [3.05, 3.63) is 16.3 Å². The van der Waals surface area contributed by atoms with Gasteiger partial charge in [-0.15, -0.1) is 11.3 Å². The van der Waals surface area contributed by atoms with E-state index in [1.165, 1.54) is 87.0 Å². The molecule has 3 fully saturated rings. The van der Waals surface area contributed by atoms with E-state index in [2.05, 4.69) is 21.6 Å². The molecule has 7 heteroatoms. The summed E-state index contributed by atoms with van der Waals surface area (Å²) in [7, 11) is 0. The van der Waals surface area contributed by atoms with E-state index in [0.717, 1.165) is 51.1 Å². The largest absolute Gasteiger partial charge is 0.377 e. The minimum atomic E-state index is 0.446. The Hall–Kier alpha value is -1.28. The summed E-state index contributed by atoms with van der Waals surface area (Å²) in [6.45, 7) is 12.1. The van der Waals surface area contributed by atoms with Gasteiger partial charge in [0, 0.05) is 37.7 Å². The molecule has 0 aromatic carbocycles. The molecule has 1 aliphatic carbocycles. The molecule has 180 valence electrons. The molecule has 4 aliphatic rings. The van der Waals surface area contributed by atoms with Gasteiger partial charge in [-0.25, -0.2) is 9.97 Å². The van der Waals surface area contributed by atoms with Crippen LogP contribution < -0.4 is 4.90 Å². The highest BCUT2D eigenvalue weighted by Gasteiger charge is 2.28. The van der Waals surface area contributed by atoms with Crippen LogP contribution in [0.15, 0.2) is 0 Å². The van der Waals surface area contributed by atoms with Gasteiger partial charge in [0.2, 0.25) is 0 Å². The number of hydrogen-bond acceptors (Lipinski definition) is 7. The van der Waals surface area contributed by atoms with E-state index in [1.807, 2.05) is 11.3 Å². The van der Waals surface area contributed by atoms with Gasteiger partial charge in [-0.3, -0.25) is 9.80 Å². The van der Waals surface area contributed by atoms with Gasteiger partial charge in [0.05, 0.1) is 18.0 Å². The summed E-state index contributed by atoms with van der Waals surface area (Å²) in [5.74, 6) is 3.13. The van der Waals surface area contributed by atoms with E-state index < -0.39 is 0 Å². The number of hydrogen-bond donors (Lipinski definition) is 0. The number of likely N-dealkylation sites (tertiary alicyclic amines) is 1. The molecule has 0 N–H and O–H groups in total. The van der Waals surface area contributed by atoms with Crippen LogP contribution in [0.25, 0.3) is 10.2 Å². The monoisotopic (exact) mass is 469 g/mol. The molecule has 5 heterocycles. The van der Waals surface area contributed by atoms with Crippen molar-refractivity contribution < 1.29 is 4.74 Å². The summed E-state index contributed by atoms with van der Waals surface area (Å²) in [4.78, 5) is 21.0. The summed E-state index contributed by atoms with van der Waals surface area (Å²) in [6, 6.07) is 0. The third-order valence-corrected chi connectivity index (χ3v) is 9.39. The van der Waals surface area contributed by atoms with Crippen LogP contribution >= 0.6 is 11.3 Å². The van der Waals surface area contributed by atoms with Crippen LogP contribution in [-0.2, 0) is 24.1 Å². The summed E-state index contributed by atoms with van der Waals surface area (Å²) >= 11 is 1.94. The predicted molar refractivity (Wildman–Crippen MR) is 135 cm³/mol. The van der Waals surface area contributed by atoms with Gasteiger partial charge in [0.1, 0.15) is 16.5 Å². The van der Waals surface area contributed by atoms with Crippen molar-refractivity contribution in [1.82, 2.24) is 19.8 Å². The van der Waals surface area contributed by atoms with Gasteiger partial charge in [-0.1, -0.05) is 6.92 Å². The van der Waals surface area contributed by atoms with E-state index in [0.29, 0.717) is 6.10 Å². The third kappa shape index (κ3) is 4.79. The molecule has 0 bridgehead atoms. The minimum absolute atomic E-state index is 0.446. The maximum absolute atomic E-state index is 5.92.